The number of piperidine rings is 1. The Hall–Kier alpha value is -0.690. The Bertz CT molecular complexity index is 499. The first-order valence-corrected chi connectivity index (χ1v) is 9.43. The summed E-state index contributed by atoms with van der Waals surface area (Å²) < 4.78 is 5.16. The van der Waals surface area contributed by atoms with Crippen molar-refractivity contribution in [2.45, 2.75) is 56.5 Å². The number of likely N-dealkylation sites (tertiary alicyclic amines) is 1. The van der Waals surface area contributed by atoms with Gasteiger partial charge >= 0.3 is 0 Å². The Balaban J connectivity index is 1.67. The molecular formula is C19H30ClNO4. The van der Waals surface area contributed by atoms with Gasteiger partial charge in [0.05, 0.1) is 18.8 Å². The molecule has 3 N–H and O–H groups in total. The fourth-order valence-electron chi connectivity index (χ4n) is 3.57. The van der Waals surface area contributed by atoms with Crippen LogP contribution in [-0.4, -0.2) is 71.4 Å². The summed E-state index contributed by atoms with van der Waals surface area (Å²) in [6.45, 7) is 1.05. The van der Waals surface area contributed by atoms with Crippen LogP contribution in [0.15, 0.2) is 24.3 Å². The second-order valence-corrected chi connectivity index (χ2v) is 7.23. The van der Waals surface area contributed by atoms with Crippen LogP contribution in [0.3, 0.4) is 0 Å². The molecule has 6 heteroatoms. The highest BCUT2D eigenvalue weighted by Gasteiger charge is 2.41. The zero-order valence-corrected chi connectivity index (χ0v) is 15.6. The average molecular weight is 372 g/mol. The molecule has 0 saturated carbocycles. The topological polar surface area (TPSA) is 73.2 Å². The van der Waals surface area contributed by atoms with Gasteiger partial charge in [-0.25, -0.2) is 0 Å². The van der Waals surface area contributed by atoms with Gasteiger partial charge in [-0.1, -0.05) is 36.6 Å². The zero-order chi connectivity index (χ0) is 18.2. The van der Waals surface area contributed by atoms with Gasteiger partial charge < -0.3 is 20.1 Å². The van der Waals surface area contributed by atoms with Crippen LogP contribution < -0.4 is 0 Å². The quantitative estimate of drug-likeness (QED) is 0.578. The van der Waals surface area contributed by atoms with Gasteiger partial charge in [0.15, 0.2) is 0 Å². The molecule has 5 nitrogen and oxygen atoms in total. The summed E-state index contributed by atoms with van der Waals surface area (Å²) in [5.41, 5.74) is 1.30. The van der Waals surface area contributed by atoms with Crippen molar-refractivity contribution in [1.82, 2.24) is 4.90 Å². The number of β-amino-alcohol motifs (C(OH)–C–C–N with tert-alkyl or cyclic N) is 1. The number of halogens is 1. The third-order valence-electron chi connectivity index (χ3n) is 5.03. The van der Waals surface area contributed by atoms with Crippen LogP contribution >= 0.6 is 11.6 Å². The van der Waals surface area contributed by atoms with E-state index in [2.05, 4.69) is 12.1 Å². The molecule has 142 valence electrons. The Morgan fingerprint density at radius 2 is 1.80 bits per heavy atom. The normalized spacial score (nSPS) is 27.6. The summed E-state index contributed by atoms with van der Waals surface area (Å²) in [7, 11) is 1.47. The molecule has 1 aliphatic rings. The van der Waals surface area contributed by atoms with E-state index < -0.39 is 18.3 Å². The largest absolute Gasteiger partial charge is 0.395 e. The Morgan fingerprint density at radius 1 is 1.12 bits per heavy atom. The minimum Gasteiger partial charge on any atom is -0.395 e. The molecule has 4 atom stereocenters. The van der Waals surface area contributed by atoms with Crippen molar-refractivity contribution in [2.75, 3.05) is 26.8 Å². The molecule has 1 heterocycles. The maximum absolute atomic E-state index is 10.3. The van der Waals surface area contributed by atoms with E-state index >= 15 is 0 Å². The number of aryl methyl sites for hydroxylation is 1. The molecule has 0 bridgehead atoms. The summed E-state index contributed by atoms with van der Waals surface area (Å²) in [5.74, 6) is 0. The van der Waals surface area contributed by atoms with Crippen LogP contribution in [0.1, 0.15) is 31.2 Å². The lowest BCUT2D eigenvalue weighted by atomic mass is 9.93. The lowest BCUT2D eigenvalue weighted by Crippen LogP contribution is -2.63. The van der Waals surface area contributed by atoms with Crippen molar-refractivity contribution in [3.8, 4) is 0 Å². The third-order valence-corrected chi connectivity index (χ3v) is 5.29. The number of nitrogens with zero attached hydrogens (tertiary/aromatic N) is 1. The highest BCUT2D eigenvalue weighted by atomic mass is 35.5. The van der Waals surface area contributed by atoms with Crippen molar-refractivity contribution in [3.05, 3.63) is 34.9 Å². The van der Waals surface area contributed by atoms with E-state index in [0.29, 0.717) is 6.54 Å². The van der Waals surface area contributed by atoms with E-state index in [-0.39, 0.29) is 12.6 Å². The summed E-state index contributed by atoms with van der Waals surface area (Å²) in [4.78, 5) is 1.98. The van der Waals surface area contributed by atoms with E-state index in [1.54, 1.807) is 0 Å². The lowest BCUT2D eigenvalue weighted by molar-refractivity contribution is -0.157. The maximum Gasteiger partial charge on any atom is 0.112 e. The molecule has 2 rings (SSSR count). The van der Waals surface area contributed by atoms with E-state index in [0.717, 1.165) is 43.7 Å². The van der Waals surface area contributed by atoms with Crippen molar-refractivity contribution in [3.63, 3.8) is 0 Å². The SMILES string of the molecule is CO[C@H]1[C@H](O)C(CO)N(CCCCCCc2ccc(Cl)cc2)C[C@@H]1O. The van der Waals surface area contributed by atoms with E-state index in [1.807, 2.05) is 17.0 Å². The Morgan fingerprint density at radius 3 is 2.44 bits per heavy atom. The summed E-state index contributed by atoms with van der Waals surface area (Å²) >= 11 is 5.88. The highest BCUT2D eigenvalue weighted by Crippen LogP contribution is 2.21. The molecule has 1 saturated heterocycles. The van der Waals surface area contributed by atoms with E-state index in [9.17, 15) is 15.3 Å². The van der Waals surface area contributed by atoms with E-state index in [4.69, 9.17) is 16.3 Å². The van der Waals surface area contributed by atoms with Crippen molar-refractivity contribution in [1.29, 1.82) is 0 Å². The van der Waals surface area contributed by atoms with Gasteiger partial charge in [0.1, 0.15) is 12.2 Å². The van der Waals surface area contributed by atoms with Gasteiger partial charge in [-0.15, -0.1) is 0 Å². The predicted octanol–water partition coefficient (Wildman–Crippen LogP) is 1.86. The molecule has 1 aromatic rings. The van der Waals surface area contributed by atoms with Crippen LogP contribution in [0.5, 0.6) is 0 Å². The summed E-state index contributed by atoms with van der Waals surface area (Å²) in [6.07, 6.45) is 3.14. The highest BCUT2D eigenvalue weighted by molar-refractivity contribution is 6.30. The van der Waals surface area contributed by atoms with Crippen molar-refractivity contribution >= 4 is 11.6 Å². The predicted molar refractivity (Wildman–Crippen MR) is 98.9 cm³/mol. The molecule has 1 aromatic carbocycles. The number of hydrogen-bond donors (Lipinski definition) is 3. The standard InChI is InChI=1S/C19H30ClNO4/c1-25-19-17(23)12-21(16(13-22)18(19)24)11-5-3-2-4-6-14-7-9-15(20)10-8-14/h7-10,16-19,22-24H,2-6,11-13H2,1H3/t16?,17-,18+,19+/m0/s1. The smallest absolute Gasteiger partial charge is 0.112 e. The van der Waals surface area contributed by atoms with Gasteiger partial charge in [0.25, 0.3) is 0 Å². The van der Waals surface area contributed by atoms with Gasteiger partial charge in [-0.05, 0) is 43.5 Å². The first kappa shape index (κ1) is 20.6. The number of hydrogen-bond acceptors (Lipinski definition) is 5. The number of aliphatic hydroxyl groups is 3. The molecule has 1 unspecified atom stereocenters. The zero-order valence-electron chi connectivity index (χ0n) is 14.9. The van der Waals surface area contributed by atoms with Crippen LogP contribution in [0.25, 0.3) is 0 Å². The van der Waals surface area contributed by atoms with Crippen molar-refractivity contribution in [2.24, 2.45) is 0 Å². The monoisotopic (exact) mass is 371 g/mol. The second-order valence-electron chi connectivity index (χ2n) is 6.79. The fraction of sp³-hybridized carbons (Fsp3) is 0.684. The molecule has 0 amide bonds. The summed E-state index contributed by atoms with van der Waals surface area (Å²) in [5, 5.41) is 30.7. The molecule has 0 spiro atoms. The molecule has 25 heavy (non-hydrogen) atoms. The molecule has 1 fully saturated rings. The Labute approximate surface area is 155 Å². The summed E-state index contributed by atoms with van der Waals surface area (Å²) in [6, 6.07) is 7.61. The van der Waals surface area contributed by atoms with Gasteiger partial charge in [-0.3, -0.25) is 4.90 Å². The number of unbranched alkanes of at least 4 members (excludes halogenated alkanes) is 3. The van der Waals surface area contributed by atoms with Crippen LogP contribution in [0.2, 0.25) is 5.02 Å². The number of ether oxygens (including phenoxy) is 1. The first-order valence-electron chi connectivity index (χ1n) is 9.05. The maximum atomic E-state index is 10.3. The lowest BCUT2D eigenvalue weighted by Gasteiger charge is -2.44. The third kappa shape index (κ3) is 5.91. The number of methoxy groups -OCH3 is 1. The van der Waals surface area contributed by atoms with E-state index in [1.165, 1.54) is 12.7 Å². The minimum absolute atomic E-state index is 0.135. The van der Waals surface area contributed by atoms with Crippen LogP contribution in [-0.2, 0) is 11.2 Å². The van der Waals surface area contributed by atoms with Crippen LogP contribution in [0, 0.1) is 0 Å². The van der Waals surface area contributed by atoms with Crippen molar-refractivity contribution < 1.29 is 20.1 Å². The number of aliphatic hydroxyl groups excluding tert-OH is 3. The molecule has 0 aromatic heterocycles. The molecule has 0 aliphatic carbocycles. The number of benzene rings is 1. The van der Waals surface area contributed by atoms with Gasteiger partial charge in [-0.2, -0.15) is 0 Å². The first-order chi connectivity index (χ1) is 12.1. The fourth-order valence-corrected chi connectivity index (χ4v) is 3.69. The average Bonchev–Trinajstić information content (AvgIpc) is 2.60. The number of rotatable bonds is 9. The minimum atomic E-state index is -0.872. The van der Waals surface area contributed by atoms with Gasteiger partial charge in [0, 0.05) is 18.7 Å². The molecular weight excluding hydrogens is 342 g/mol. The van der Waals surface area contributed by atoms with Gasteiger partial charge in [0.2, 0.25) is 0 Å². The Kier molecular flexibility index (Phi) is 8.62. The van der Waals surface area contributed by atoms with Crippen LogP contribution in [0.4, 0.5) is 0 Å². The molecule has 1 aliphatic heterocycles. The second kappa shape index (κ2) is 10.5. The molecule has 0 radical (unpaired) electrons.